The maximum atomic E-state index is 12.3. The van der Waals surface area contributed by atoms with Crippen LogP contribution in [0.5, 0.6) is 0 Å². The van der Waals surface area contributed by atoms with Gasteiger partial charge in [-0.2, -0.15) is 0 Å². The smallest absolute Gasteiger partial charge is 0.251 e. The van der Waals surface area contributed by atoms with Gasteiger partial charge in [-0.15, -0.1) is 0 Å². The Morgan fingerprint density at radius 2 is 2.26 bits per heavy atom. The number of morpholine rings is 1. The highest BCUT2D eigenvalue weighted by Crippen LogP contribution is 2.17. The van der Waals surface area contributed by atoms with Crippen LogP contribution in [-0.4, -0.2) is 65.5 Å². The standard InChI is InChI=1S/C16H24N4O3/c1-16(15(17)22)12-20(9-10-23-16)14(21)6-8-19(2)11-13-5-3-4-7-18-13/h3-5,7H,6,8-12H2,1-2H3,(H2,17,22)/t16-/m0/s1. The number of nitrogens with two attached hydrogens (primary N) is 1. The largest absolute Gasteiger partial charge is 0.367 e. The van der Waals surface area contributed by atoms with Gasteiger partial charge < -0.3 is 20.3 Å². The van der Waals surface area contributed by atoms with Gasteiger partial charge in [-0.1, -0.05) is 6.07 Å². The second-order valence-electron chi connectivity index (χ2n) is 6.07. The van der Waals surface area contributed by atoms with Gasteiger partial charge in [0.25, 0.3) is 5.91 Å². The Bertz CT molecular complexity index is 552. The van der Waals surface area contributed by atoms with Crippen LogP contribution in [0.25, 0.3) is 0 Å². The van der Waals surface area contributed by atoms with Gasteiger partial charge in [0.1, 0.15) is 0 Å². The van der Waals surface area contributed by atoms with Gasteiger partial charge in [-0.25, -0.2) is 0 Å². The highest BCUT2D eigenvalue weighted by Gasteiger charge is 2.39. The molecule has 2 heterocycles. The molecule has 0 aliphatic carbocycles. The first-order valence-electron chi connectivity index (χ1n) is 7.71. The van der Waals surface area contributed by atoms with Crippen molar-refractivity contribution in [3.05, 3.63) is 30.1 Å². The Kier molecular flexibility index (Phi) is 5.68. The topological polar surface area (TPSA) is 88.8 Å². The van der Waals surface area contributed by atoms with Gasteiger partial charge in [-0.3, -0.25) is 14.6 Å². The summed E-state index contributed by atoms with van der Waals surface area (Å²) in [6.07, 6.45) is 2.14. The molecule has 1 atom stereocenters. The van der Waals surface area contributed by atoms with Crippen molar-refractivity contribution in [2.75, 3.05) is 33.3 Å². The average Bonchev–Trinajstić information content (AvgIpc) is 2.53. The lowest BCUT2D eigenvalue weighted by Crippen LogP contribution is -2.58. The molecule has 1 fully saturated rings. The van der Waals surface area contributed by atoms with Crippen molar-refractivity contribution in [1.82, 2.24) is 14.8 Å². The molecular formula is C16H24N4O3. The second-order valence-corrected chi connectivity index (χ2v) is 6.07. The number of carbonyl (C=O) groups excluding carboxylic acids is 2. The number of hydrogen-bond donors (Lipinski definition) is 1. The highest BCUT2D eigenvalue weighted by molar-refractivity contribution is 5.85. The third kappa shape index (κ3) is 4.74. The molecule has 1 aliphatic heterocycles. The molecule has 1 aromatic heterocycles. The number of ether oxygens (including phenoxy) is 1. The average molecular weight is 320 g/mol. The minimum absolute atomic E-state index is 0.00801. The molecule has 7 heteroatoms. The fourth-order valence-electron chi connectivity index (χ4n) is 2.52. The Hall–Kier alpha value is -1.99. The maximum Gasteiger partial charge on any atom is 0.251 e. The molecule has 0 unspecified atom stereocenters. The zero-order chi connectivity index (χ0) is 16.9. The maximum absolute atomic E-state index is 12.3. The molecule has 1 aliphatic rings. The van der Waals surface area contributed by atoms with Gasteiger partial charge in [0.05, 0.1) is 18.8 Å². The fraction of sp³-hybridized carbons (Fsp3) is 0.562. The van der Waals surface area contributed by atoms with E-state index in [0.29, 0.717) is 32.7 Å². The van der Waals surface area contributed by atoms with Crippen LogP contribution >= 0.6 is 0 Å². The Morgan fingerprint density at radius 3 is 2.91 bits per heavy atom. The molecule has 2 rings (SSSR count). The van der Waals surface area contributed by atoms with Crippen LogP contribution in [0.1, 0.15) is 19.0 Å². The fourth-order valence-corrected chi connectivity index (χ4v) is 2.52. The molecule has 7 nitrogen and oxygen atoms in total. The zero-order valence-electron chi connectivity index (χ0n) is 13.7. The summed E-state index contributed by atoms with van der Waals surface area (Å²) in [5, 5.41) is 0. The number of amides is 2. The summed E-state index contributed by atoms with van der Waals surface area (Å²) >= 11 is 0. The lowest BCUT2D eigenvalue weighted by Gasteiger charge is -2.38. The lowest BCUT2D eigenvalue weighted by molar-refractivity contribution is -0.160. The summed E-state index contributed by atoms with van der Waals surface area (Å²) in [7, 11) is 1.95. The number of rotatable bonds is 6. The summed E-state index contributed by atoms with van der Waals surface area (Å²) in [6, 6.07) is 5.78. The molecule has 0 aromatic carbocycles. The van der Waals surface area contributed by atoms with Crippen molar-refractivity contribution in [2.45, 2.75) is 25.5 Å². The second kappa shape index (κ2) is 7.52. The third-order valence-corrected chi connectivity index (χ3v) is 4.01. The van der Waals surface area contributed by atoms with Gasteiger partial charge in [0.15, 0.2) is 5.60 Å². The molecule has 23 heavy (non-hydrogen) atoms. The van der Waals surface area contributed by atoms with Crippen molar-refractivity contribution in [3.63, 3.8) is 0 Å². The summed E-state index contributed by atoms with van der Waals surface area (Å²) in [6.45, 7) is 3.98. The summed E-state index contributed by atoms with van der Waals surface area (Å²) in [5.41, 5.74) is 5.23. The lowest BCUT2D eigenvalue weighted by atomic mass is 10.0. The van der Waals surface area contributed by atoms with E-state index in [1.807, 2.05) is 30.1 Å². The van der Waals surface area contributed by atoms with Crippen LogP contribution in [-0.2, 0) is 20.9 Å². The molecule has 0 bridgehead atoms. The van der Waals surface area contributed by atoms with E-state index in [9.17, 15) is 9.59 Å². The van der Waals surface area contributed by atoms with Crippen molar-refractivity contribution in [3.8, 4) is 0 Å². The summed E-state index contributed by atoms with van der Waals surface area (Å²) in [5.74, 6) is -0.532. The van der Waals surface area contributed by atoms with Crippen LogP contribution in [0.15, 0.2) is 24.4 Å². The number of primary amides is 1. The van der Waals surface area contributed by atoms with E-state index in [1.165, 1.54) is 0 Å². The molecule has 1 aromatic rings. The predicted molar refractivity (Wildman–Crippen MR) is 85.3 cm³/mol. The first kappa shape index (κ1) is 17.4. The Balaban J connectivity index is 1.81. The van der Waals surface area contributed by atoms with Crippen LogP contribution in [0, 0.1) is 0 Å². The number of hydrogen-bond acceptors (Lipinski definition) is 5. The van der Waals surface area contributed by atoms with Crippen molar-refractivity contribution in [2.24, 2.45) is 5.73 Å². The first-order valence-corrected chi connectivity index (χ1v) is 7.71. The van der Waals surface area contributed by atoms with Crippen LogP contribution in [0.4, 0.5) is 0 Å². The molecule has 0 saturated carbocycles. The molecule has 2 amide bonds. The number of nitrogens with zero attached hydrogens (tertiary/aromatic N) is 3. The van der Waals surface area contributed by atoms with E-state index in [4.69, 9.17) is 10.5 Å². The summed E-state index contributed by atoms with van der Waals surface area (Å²) < 4.78 is 5.42. The van der Waals surface area contributed by atoms with Crippen LogP contribution in [0.2, 0.25) is 0 Å². The van der Waals surface area contributed by atoms with Gasteiger partial charge in [0, 0.05) is 32.3 Å². The SMILES string of the molecule is CN(CCC(=O)N1CCO[C@](C)(C(N)=O)C1)Cc1ccccn1. The van der Waals surface area contributed by atoms with E-state index in [0.717, 1.165) is 5.69 Å². The normalized spacial score (nSPS) is 21.4. The van der Waals surface area contributed by atoms with Gasteiger partial charge in [0.2, 0.25) is 5.91 Å². The predicted octanol–water partition coefficient (Wildman–Crippen LogP) is 0.00630. The van der Waals surface area contributed by atoms with E-state index < -0.39 is 11.5 Å². The highest BCUT2D eigenvalue weighted by atomic mass is 16.5. The monoisotopic (exact) mass is 320 g/mol. The first-order chi connectivity index (χ1) is 10.9. The summed E-state index contributed by atoms with van der Waals surface area (Å²) in [4.78, 5) is 31.8. The number of aromatic nitrogens is 1. The number of pyridine rings is 1. The Morgan fingerprint density at radius 1 is 1.48 bits per heavy atom. The van der Waals surface area contributed by atoms with Gasteiger partial charge >= 0.3 is 0 Å². The minimum Gasteiger partial charge on any atom is -0.367 e. The van der Waals surface area contributed by atoms with E-state index in [-0.39, 0.29) is 12.5 Å². The molecule has 0 spiro atoms. The third-order valence-electron chi connectivity index (χ3n) is 4.01. The van der Waals surface area contributed by atoms with Crippen molar-refractivity contribution in [1.29, 1.82) is 0 Å². The zero-order valence-corrected chi connectivity index (χ0v) is 13.7. The van der Waals surface area contributed by atoms with E-state index >= 15 is 0 Å². The molecule has 1 saturated heterocycles. The molecule has 2 N–H and O–H groups in total. The molecule has 126 valence electrons. The molecular weight excluding hydrogens is 296 g/mol. The van der Waals surface area contributed by atoms with Crippen molar-refractivity contribution < 1.29 is 14.3 Å². The minimum atomic E-state index is -1.09. The quantitative estimate of drug-likeness (QED) is 0.797. The van der Waals surface area contributed by atoms with Crippen molar-refractivity contribution >= 4 is 11.8 Å². The van der Waals surface area contributed by atoms with Crippen LogP contribution < -0.4 is 5.73 Å². The van der Waals surface area contributed by atoms with Crippen LogP contribution in [0.3, 0.4) is 0 Å². The molecule has 0 radical (unpaired) electrons. The van der Waals surface area contributed by atoms with Gasteiger partial charge in [-0.05, 0) is 26.1 Å². The number of carbonyl (C=O) groups is 2. The van der Waals surface area contributed by atoms with E-state index in [1.54, 1.807) is 18.0 Å². The Labute approximate surface area is 136 Å². The van der Waals surface area contributed by atoms with E-state index in [2.05, 4.69) is 4.98 Å².